The molecule has 0 bridgehead atoms. The molecule has 1 atom stereocenters. The van der Waals surface area contributed by atoms with Crippen LogP contribution in [0.2, 0.25) is 0 Å². The highest BCUT2D eigenvalue weighted by atomic mass is 16.5. The highest BCUT2D eigenvalue weighted by molar-refractivity contribution is 4.65. The zero-order valence-corrected chi connectivity index (χ0v) is 8.39. The Morgan fingerprint density at radius 3 is 2.09 bits per heavy atom. The van der Waals surface area contributed by atoms with E-state index >= 15 is 0 Å². The first-order valence-corrected chi connectivity index (χ1v) is 4.92. The van der Waals surface area contributed by atoms with Gasteiger partial charge in [0.2, 0.25) is 0 Å². The first kappa shape index (κ1) is 11.0. The Labute approximate surface area is 71.1 Å². The minimum absolute atomic E-state index is 0.554. The summed E-state index contributed by atoms with van der Waals surface area (Å²) >= 11 is 0. The SMILES string of the molecule is CC.CC(C)[C@H]1CCCCO1. The smallest absolute Gasteiger partial charge is 0.0598 e. The molecule has 1 heterocycles. The van der Waals surface area contributed by atoms with E-state index in [9.17, 15) is 0 Å². The standard InChI is InChI=1S/C8H16O.C2H6/c1-7(2)8-5-3-4-6-9-8;1-2/h7-8H,3-6H2,1-2H3;1-2H3/t8-;/m1./s1. The van der Waals surface area contributed by atoms with E-state index in [1.54, 1.807) is 0 Å². The average molecular weight is 158 g/mol. The Kier molecular flexibility index (Phi) is 6.63. The maximum absolute atomic E-state index is 5.54. The van der Waals surface area contributed by atoms with Crippen LogP contribution in [0.1, 0.15) is 47.0 Å². The van der Waals surface area contributed by atoms with Crippen LogP contribution in [-0.4, -0.2) is 12.7 Å². The number of hydrogen-bond donors (Lipinski definition) is 0. The summed E-state index contributed by atoms with van der Waals surface area (Å²) in [4.78, 5) is 0. The van der Waals surface area contributed by atoms with Gasteiger partial charge in [0.15, 0.2) is 0 Å². The van der Waals surface area contributed by atoms with Gasteiger partial charge in [0, 0.05) is 6.61 Å². The largest absolute Gasteiger partial charge is 0.378 e. The van der Waals surface area contributed by atoms with Crippen LogP contribution >= 0.6 is 0 Å². The Morgan fingerprint density at radius 1 is 1.18 bits per heavy atom. The Balaban J connectivity index is 0.000000461. The van der Waals surface area contributed by atoms with E-state index in [0.717, 1.165) is 6.61 Å². The summed E-state index contributed by atoms with van der Waals surface area (Å²) in [7, 11) is 0. The molecule has 0 aromatic carbocycles. The van der Waals surface area contributed by atoms with Gasteiger partial charge in [-0.3, -0.25) is 0 Å². The molecule has 1 saturated heterocycles. The molecule has 1 aliphatic rings. The molecule has 0 aliphatic carbocycles. The third kappa shape index (κ3) is 4.41. The molecular weight excluding hydrogens is 136 g/mol. The summed E-state index contributed by atoms with van der Waals surface area (Å²) in [6, 6.07) is 0. The first-order chi connectivity index (χ1) is 5.30. The minimum Gasteiger partial charge on any atom is -0.378 e. The molecule has 0 saturated carbocycles. The molecule has 1 nitrogen and oxygen atoms in total. The minimum atomic E-state index is 0.554. The van der Waals surface area contributed by atoms with Gasteiger partial charge in [-0.1, -0.05) is 27.7 Å². The third-order valence-electron chi connectivity index (χ3n) is 1.96. The fourth-order valence-corrected chi connectivity index (χ4v) is 1.29. The predicted molar refractivity (Wildman–Crippen MR) is 49.8 cm³/mol. The van der Waals surface area contributed by atoms with Gasteiger partial charge in [0.1, 0.15) is 0 Å². The summed E-state index contributed by atoms with van der Waals surface area (Å²) < 4.78 is 5.54. The molecule has 1 fully saturated rings. The number of ether oxygens (including phenoxy) is 1. The van der Waals surface area contributed by atoms with Crippen molar-refractivity contribution in [3.63, 3.8) is 0 Å². The van der Waals surface area contributed by atoms with E-state index in [2.05, 4.69) is 13.8 Å². The summed E-state index contributed by atoms with van der Waals surface area (Å²) in [5.41, 5.74) is 0. The Hall–Kier alpha value is -0.0400. The number of rotatable bonds is 1. The summed E-state index contributed by atoms with van der Waals surface area (Å²) in [5, 5.41) is 0. The molecule has 1 heteroatoms. The lowest BCUT2D eigenvalue weighted by atomic mass is 9.99. The molecule has 0 unspecified atom stereocenters. The summed E-state index contributed by atoms with van der Waals surface area (Å²) in [5.74, 6) is 0.713. The maximum Gasteiger partial charge on any atom is 0.0598 e. The van der Waals surface area contributed by atoms with Gasteiger partial charge in [0.05, 0.1) is 6.10 Å². The van der Waals surface area contributed by atoms with Crippen LogP contribution < -0.4 is 0 Å². The first-order valence-electron chi connectivity index (χ1n) is 4.92. The van der Waals surface area contributed by atoms with Crippen molar-refractivity contribution in [3.8, 4) is 0 Å². The summed E-state index contributed by atoms with van der Waals surface area (Å²) in [6.07, 6.45) is 4.46. The second kappa shape index (κ2) is 6.66. The molecule has 0 spiro atoms. The lowest BCUT2D eigenvalue weighted by Crippen LogP contribution is -2.24. The van der Waals surface area contributed by atoms with Crippen molar-refractivity contribution in [2.45, 2.75) is 53.1 Å². The van der Waals surface area contributed by atoms with Gasteiger partial charge in [-0.05, 0) is 25.2 Å². The fraction of sp³-hybridized carbons (Fsp3) is 1.00. The Morgan fingerprint density at radius 2 is 1.82 bits per heavy atom. The Bertz CT molecular complexity index is 72.9. The fourth-order valence-electron chi connectivity index (χ4n) is 1.29. The molecule has 0 N–H and O–H groups in total. The summed E-state index contributed by atoms with van der Waals surface area (Å²) in [6.45, 7) is 9.45. The quantitative estimate of drug-likeness (QED) is 0.569. The molecule has 0 aromatic rings. The highest BCUT2D eigenvalue weighted by Gasteiger charge is 2.16. The van der Waals surface area contributed by atoms with Crippen molar-refractivity contribution < 1.29 is 4.74 Å². The monoisotopic (exact) mass is 158 g/mol. The number of hydrogen-bond acceptors (Lipinski definition) is 1. The van der Waals surface area contributed by atoms with E-state index in [1.807, 2.05) is 13.8 Å². The average Bonchev–Trinajstić information content (AvgIpc) is 2.10. The van der Waals surface area contributed by atoms with Crippen LogP contribution in [0.3, 0.4) is 0 Å². The van der Waals surface area contributed by atoms with Crippen molar-refractivity contribution in [1.29, 1.82) is 0 Å². The topological polar surface area (TPSA) is 9.23 Å². The van der Waals surface area contributed by atoms with Crippen LogP contribution in [0.25, 0.3) is 0 Å². The van der Waals surface area contributed by atoms with Crippen LogP contribution in [0.15, 0.2) is 0 Å². The van der Waals surface area contributed by atoms with E-state index in [1.165, 1.54) is 19.3 Å². The van der Waals surface area contributed by atoms with Crippen LogP contribution in [0.4, 0.5) is 0 Å². The molecule has 11 heavy (non-hydrogen) atoms. The highest BCUT2D eigenvalue weighted by Crippen LogP contribution is 2.18. The molecule has 1 rings (SSSR count). The maximum atomic E-state index is 5.54. The predicted octanol–water partition coefficient (Wildman–Crippen LogP) is 3.24. The van der Waals surface area contributed by atoms with E-state index < -0.39 is 0 Å². The molecule has 0 aromatic heterocycles. The van der Waals surface area contributed by atoms with Gasteiger partial charge in [-0.2, -0.15) is 0 Å². The third-order valence-corrected chi connectivity index (χ3v) is 1.96. The van der Waals surface area contributed by atoms with Crippen molar-refractivity contribution >= 4 is 0 Å². The van der Waals surface area contributed by atoms with Crippen molar-refractivity contribution in [1.82, 2.24) is 0 Å². The van der Waals surface area contributed by atoms with Crippen molar-refractivity contribution in [2.75, 3.05) is 6.61 Å². The zero-order valence-electron chi connectivity index (χ0n) is 8.39. The van der Waals surface area contributed by atoms with E-state index in [0.29, 0.717) is 12.0 Å². The normalized spacial score (nSPS) is 24.3. The van der Waals surface area contributed by atoms with Crippen molar-refractivity contribution in [2.24, 2.45) is 5.92 Å². The van der Waals surface area contributed by atoms with Crippen LogP contribution in [0, 0.1) is 5.92 Å². The molecule has 0 amide bonds. The van der Waals surface area contributed by atoms with E-state index in [-0.39, 0.29) is 0 Å². The lowest BCUT2D eigenvalue weighted by Gasteiger charge is -2.25. The van der Waals surface area contributed by atoms with E-state index in [4.69, 9.17) is 4.74 Å². The second-order valence-corrected chi connectivity index (χ2v) is 3.15. The molecule has 1 aliphatic heterocycles. The van der Waals surface area contributed by atoms with Gasteiger partial charge in [-0.15, -0.1) is 0 Å². The van der Waals surface area contributed by atoms with Gasteiger partial charge in [-0.25, -0.2) is 0 Å². The van der Waals surface area contributed by atoms with Gasteiger partial charge in [0.25, 0.3) is 0 Å². The van der Waals surface area contributed by atoms with Crippen LogP contribution in [-0.2, 0) is 4.74 Å². The van der Waals surface area contributed by atoms with Crippen molar-refractivity contribution in [3.05, 3.63) is 0 Å². The second-order valence-electron chi connectivity index (χ2n) is 3.15. The van der Waals surface area contributed by atoms with Gasteiger partial charge >= 0.3 is 0 Å². The zero-order chi connectivity index (χ0) is 8.69. The molecule has 0 radical (unpaired) electrons. The van der Waals surface area contributed by atoms with Gasteiger partial charge < -0.3 is 4.74 Å². The molecular formula is C10H22O. The molecule has 68 valence electrons. The lowest BCUT2D eigenvalue weighted by molar-refractivity contribution is -0.0115. The van der Waals surface area contributed by atoms with Crippen LogP contribution in [0.5, 0.6) is 0 Å².